The topological polar surface area (TPSA) is 55.2 Å². The van der Waals surface area contributed by atoms with Crippen LogP contribution in [-0.2, 0) is 0 Å². The molecule has 0 spiro atoms. The fourth-order valence-corrected chi connectivity index (χ4v) is 1.99. The smallest absolute Gasteiger partial charge is 0.271 e. The predicted molar refractivity (Wildman–Crippen MR) is 70.7 cm³/mol. The van der Waals surface area contributed by atoms with Crippen molar-refractivity contribution in [2.75, 3.05) is 5.32 Å². The molecular formula is C12H17ClN2O2. The molecule has 1 N–H and O–H groups in total. The molecule has 0 radical (unpaired) electrons. The van der Waals surface area contributed by atoms with Crippen molar-refractivity contribution >= 4 is 23.0 Å². The minimum Gasteiger partial charge on any atom is -0.379 e. The first-order chi connectivity index (χ1) is 7.85. The number of hydrogen-bond acceptors (Lipinski definition) is 3. The summed E-state index contributed by atoms with van der Waals surface area (Å²) >= 11 is 6.01. The Kier molecular flexibility index (Phi) is 4.34. The van der Waals surface area contributed by atoms with Crippen molar-refractivity contribution in [1.29, 1.82) is 0 Å². The number of non-ortho nitro benzene ring substituents is 1. The first-order valence-electron chi connectivity index (χ1n) is 5.58. The highest BCUT2D eigenvalue weighted by Gasteiger charge is 2.18. The van der Waals surface area contributed by atoms with Gasteiger partial charge in [0.05, 0.1) is 15.6 Å². The number of nitro groups is 1. The standard InChI is InChI=1S/C12H17ClN2O2/c1-4-7-12(2,3)14-11-6-5-9(15(16)17)8-10(11)13/h5-6,8,14H,4,7H2,1-3H3. The van der Waals surface area contributed by atoms with E-state index < -0.39 is 4.92 Å². The number of halogens is 1. The maximum atomic E-state index is 10.6. The predicted octanol–water partition coefficient (Wildman–Crippen LogP) is 4.24. The van der Waals surface area contributed by atoms with Gasteiger partial charge in [0.15, 0.2) is 0 Å². The third kappa shape index (κ3) is 3.89. The third-order valence-electron chi connectivity index (χ3n) is 2.51. The second kappa shape index (κ2) is 5.36. The van der Waals surface area contributed by atoms with Crippen molar-refractivity contribution in [1.82, 2.24) is 0 Å². The second-order valence-electron chi connectivity index (χ2n) is 4.68. The van der Waals surface area contributed by atoms with Gasteiger partial charge in [-0.1, -0.05) is 24.9 Å². The van der Waals surface area contributed by atoms with Crippen LogP contribution in [0.3, 0.4) is 0 Å². The van der Waals surface area contributed by atoms with E-state index in [-0.39, 0.29) is 11.2 Å². The fourth-order valence-electron chi connectivity index (χ4n) is 1.77. The van der Waals surface area contributed by atoms with Gasteiger partial charge in [-0.05, 0) is 26.3 Å². The van der Waals surface area contributed by atoms with E-state index in [1.165, 1.54) is 12.1 Å². The van der Waals surface area contributed by atoms with Gasteiger partial charge in [-0.25, -0.2) is 0 Å². The molecule has 4 nitrogen and oxygen atoms in total. The molecule has 0 saturated heterocycles. The highest BCUT2D eigenvalue weighted by atomic mass is 35.5. The first kappa shape index (κ1) is 13.8. The van der Waals surface area contributed by atoms with Gasteiger partial charge in [0.1, 0.15) is 0 Å². The zero-order valence-corrected chi connectivity index (χ0v) is 11.0. The second-order valence-corrected chi connectivity index (χ2v) is 5.09. The van der Waals surface area contributed by atoms with E-state index >= 15 is 0 Å². The number of nitrogens with zero attached hydrogens (tertiary/aromatic N) is 1. The van der Waals surface area contributed by atoms with Crippen molar-refractivity contribution in [2.24, 2.45) is 0 Å². The zero-order valence-electron chi connectivity index (χ0n) is 10.3. The molecule has 0 heterocycles. The van der Waals surface area contributed by atoms with E-state index in [0.717, 1.165) is 18.5 Å². The minimum absolute atomic E-state index is 0.00819. The number of nitro benzene ring substituents is 1. The molecule has 0 fully saturated rings. The van der Waals surface area contributed by atoms with E-state index in [1.54, 1.807) is 6.07 Å². The van der Waals surface area contributed by atoms with Crippen LogP contribution in [0.25, 0.3) is 0 Å². The summed E-state index contributed by atoms with van der Waals surface area (Å²) in [6.45, 7) is 6.27. The summed E-state index contributed by atoms with van der Waals surface area (Å²) in [6.07, 6.45) is 2.06. The van der Waals surface area contributed by atoms with Gasteiger partial charge in [-0.2, -0.15) is 0 Å². The molecule has 1 rings (SSSR count). The van der Waals surface area contributed by atoms with Gasteiger partial charge in [0.2, 0.25) is 0 Å². The Bertz CT molecular complexity index is 419. The molecule has 5 heteroatoms. The van der Waals surface area contributed by atoms with Crippen LogP contribution in [0.4, 0.5) is 11.4 Å². The Morgan fingerprint density at radius 1 is 1.47 bits per heavy atom. The Morgan fingerprint density at radius 2 is 2.12 bits per heavy atom. The van der Waals surface area contributed by atoms with Crippen molar-refractivity contribution < 1.29 is 4.92 Å². The third-order valence-corrected chi connectivity index (χ3v) is 2.82. The van der Waals surface area contributed by atoms with Crippen LogP contribution in [0, 0.1) is 10.1 Å². The Balaban J connectivity index is 2.90. The van der Waals surface area contributed by atoms with Crippen LogP contribution in [0.15, 0.2) is 18.2 Å². The van der Waals surface area contributed by atoms with Gasteiger partial charge < -0.3 is 5.32 Å². The van der Waals surface area contributed by atoms with Gasteiger partial charge in [-0.15, -0.1) is 0 Å². The number of anilines is 1. The molecule has 0 atom stereocenters. The van der Waals surface area contributed by atoms with Crippen LogP contribution < -0.4 is 5.32 Å². The van der Waals surface area contributed by atoms with Crippen molar-refractivity contribution in [3.05, 3.63) is 33.3 Å². The number of benzene rings is 1. The van der Waals surface area contributed by atoms with Gasteiger partial charge in [-0.3, -0.25) is 10.1 Å². The maximum Gasteiger partial charge on any atom is 0.271 e. The molecule has 1 aromatic carbocycles. The molecule has 17 heavy (non-hydrogen) atoms. The Morgan fingerprint density at radius 3 is 2.59 bits per heavy atom. The largest absolute Gasteiger partial charge is 0.379 e. The quantitative estimate of drug-likeness (QED) is 0.633. The summed E-state index contributed by atoms with van der Waals surface area (Å²) in [7, 11) is 0. The summed E-state index contributed by atoms with van der Waals surface area (Å²) in [4.78, 5) is 10.1. The van der Waals surface area contributed by atoms with Crippen LogP contribution in [0.1, 0.15) is 33.6 Å². The van der Waals surface area contributed by atoms with E-state index in [4.69, 9.17) is 11.6 Å². The molecule has 0 aliphatic rings. The SMILES string of the molecule is CCCC(C)(C)Nc1ccc([N+](=O)[O-])cc1Cl. The van der Waals surface area contributed by atoms with E-state index in [2.05, 4.69) is 26.1 Å². The van der Waals surface area contributed by atoms with Gasteiger partial charge in [0, 0.05) is 17.7 Å². The summed E-state index contributed by atoms with van der Waals surface area (Å²) in [5.74, 6) is 0. The lowest BCUT2D eigenvalue weighted by atomic mass is 9.98. The average molecular weight is 257 g/mol. The monoisotopic (exact) mass is 256 g/mol. The lowest BCUT2D eigenvalue weighted by molar-refractivity contribution is -0.384. The van der Waals surface area contributed by atoms with Crippen LogP contribution in [-0.4, -0.2) is 10.5 Å². The van der Waals surface area contributed by atoms with Crippen LogP contribution in [0.2, 0.25) is 5.02 Å². The summed E-state index contributed by atoms with van der Waals surface area (Å²) < 4.78 is 0. The normalized spacial score (nSPS) is 11.3. The molecule has 0 unspecified atom stereocenters. The summed E-state index contributed by atoms with van der Waals surface area (Å²) in [5.41, 5.74) is 0.665. The minimum atomic E-state index is -0.452. The fraction of sp³-hybridized carbons (Fsp3) is 0.500. The molecule has 0 bridgehead atoms. The van der Waals surface area contributed by atoms with Crippen molar-refractivity contribution in [2.45, 2.75) is 39.2 Å². The van der Waals surface area contributed by atoms with E-state index in [1.807, 2.05) is 0 Å². The van der Waals surface area contributed by atoms with Gasteiger partial charge >= 0.3 is 0 Å². The van der Waals surface area contributed by atoms with Crippen LogP contribution in [0.5, 0.6) is 0 Å². The maximum absolute atomic E-state index is 10.6. The number of nitrogens with one attached hydrogen (secondary N) is 1. The van der Waals surface area contributed by atoms with Crippen LogP contribution >= 0.6 is 11.6 Å². The number of rotatable bonds is 5. The number of hydrogen-bond donors (Lipinski definition) is 1. The zero-order chi connectivity index (χ0) is 13.1. The molecule has 1 aromatic rings. The van der Waals surface area contributed by atoms with Crippen molar-refractivity contribution in [3.63, 3.8) is 0 Å². The average Bonchev–Trinajstić information content (AvgIpc) is 2.20. The highest BCUT2D eigenvalue weighted by Crippen LogP contribution is 2.29. The molecule has 0 saturated carbocycles. The van der Waals surface area contributed by atoms with Crippen molar-refractivity contribution in [3.8, 4) is 0 Å². The molecule has 0 aliphatic heterocycles. The summed E-state index contributed by atoms with van der Waals surface area (Å²) in [5, 5.41) is 14.3. The van der Waals surface area contributed by atoms with E-state index in [9.17, 15) is 10.1 Å². The summed E-state index contributed by atoms with van der Waals surface area (Å²) in [6, 6.07) is 4.47. The Hall–Kier alpha value is -1.29. The molecule has 94 valence electrons. The lowest BCUT2D eigenvalue weighted by Crippen LogP contribution is -2.30. The molecule has 0 aromatic heterocycles. The molecule has 0 amide bonds. The molecule has 0 aliphatic carbocycles. The highest BCUT2D eigenvalue weighted by molar-refractivity contribution is 6.33. The lowest BCUT2D eigenvalue weighted by Gasteiger charge is -2.27. The van der Waals surface area contributed by atoms with E-state index in [0.29, 0.717) is 5.02 Å². The van der Waals surface area contributed by atoms with Gasteiger partial charge in [0.25, 0.3) is 5.69 Å². The Labute approximate surface area is 106 Å². The molecular weight excluding hydrogens is 240 g/mol. The first-order valence-corrected chi connectivity index (χ1v) is 5.95.